The van der Waals surface area contributed by atoms with Crippen molar-refractivity contribution in [1.29, 1.82) is 0 Å². The van der Waals surface area contributed by atoms with Crippen molar-refractivity contribution in [3.8, 4) is 0 Å². The van der Waals surface area contributed by atoms with E-state index in [1.807, 2.05) is 16.8 Å². The van der Waals surface area contributed by atoms with Gasteiger partial charge in [-0.2, -0.15) is 4.98 Å². The van der Waals surface area contributed by atoms with Crippen LogP contribution >= 0.6 is 0 Å². The summed E-state index contributed by atoms with van der Waals surface area (Å²) in [6, 6.07) is 8.16. The van der Waals surface area contributed by atoms with Crippen LogP contribution in [0.3, 0.4) is 0 Å². The number of amides is 1. The van der Waals surface area contributed by atoms with Gasteiger partial charge in [-0.1, -0.05) is 12.5 Å². The molecule has 0 bridgehead atoms. The molecule has 1 saturated carbocycles. The Hall–Kier alpha value is -2.96. The third-order valence-electron chi connectivity index (χ3n) is 4.93. The van der Waals surface area contributed by atoms with Crippen LogP contribution in [0.2, 0.25) is 0 Å². The highest BCUT2D eigenvalue weighted by atomic mass is 19.1. The zero-order valence-corrected chi connectivity index (χ0v) is 15.0. The van der Waals surface area contributed by atoms with E-state index in [1.165, 1.54) is 18.6 Å². The summed E-state index contributed by atoms with van der Waals surface area (Å²) in [4.78, 5) is 20.7. The second-order valence-electron chi connectivity index (χ2n) is 6.89. The predicted octanol–water partition coefficient (Wildman–Crippen LogP) is 3.62. The van der Waals surface area contributed by atoms with Crippen LogP contribution in [0.5, 0.6) is 0 Å². The Labute approximate surface area is 156 Å². The minimum Gasteiger partial charge on any atom is -0.356 e. The van der Waals surface area contributed by atoms with Gasteiger partial charge in [0.15, 0.2) is 0 Å². The lowest BCUT2D eigenvalue weighted by Crippen LogP contribution is -2.35. The molecular formula is C20H22FN5O. The van der Waals surface area contributed by atoms with E-state index in [-0.39, 0.29) is 17.6 Å². The number of nitrogens with zero attached hydrogens (tertiary/aromatic N) is 3. The molecule has 0 atom stereocenters. The van der Waals surface area contributed by atoms with Crippen molar-refractivity contribution >= 4 is 28.6 Å². The lowest BCUT2D eigenvalue weighted by molar-refractivity contribution is -0.127. The van der Waals surface area contributed by atoms with E-state index in [0.717, 1.165) is 36.8 Å². The minimum absolute atomic E-state index is 0.183. The summed E-state index contributed by atoms with van der Waals surface area (Å²) in [5.41, 5.74) is 1.42. The van der Waals surface area contributed by atoms with Crippen molar-refractivity contribution in [3.05, 3.63) is 48.5 Å². The molecule has 0 saturated heterocycles. The van der Waals surface area contributed by atoms with Crippen molar-refractivity contribution in [2.75, 3.05) is 11.9 Å². The molecule has 1 aliphatic carbocycles. The van der Waals surface area contributed by atoms with Crippen LogP contribution in [0, 0.1) is 11.7 Å². The summed E-state index contributed by atoms with van der Waals surface area (Å²) in [6.07, 6.45) is 7.76. The van der Waals surface area contributed by atoms with Gasteiger partial charge in [-0.25, -0.2) is 9.37 Å². The zero-order valence-electron chi connectivity index (χ0n) is 15.0. The van der Waals surface area contributed by atoms with Gasteiger partial charge in [0.05, 0.1) is 0 Å². The number of fused-ring (bicyclic) bond motifs is 1. The summed E-state index contributed by atoms with van der Waals surface area (Å²) in [5.74, 6) is 0.517. The maximum Gasteiger partial charge on any atom is 0.229 e. The van der Waals surface area contributed by atoms with Crippen LogP contribution < -0.4 is 10.6 Å². The number of nitrogens with one attached hydrogen (secondary N) is 2. The standard InChI is InChI=1S/C20H22FN5O/c21-16-6-2-7-17(12-16)24-20-23-13-15-8-11-26(18(15)25-20)10-3-9-22-19(27)14-4-1-5-14/h2,6-8,11-14H,1,3-5,9-10H2,(H,22,27)(H,23,24,25). The van der Waals surface area contributed by atoms with Crippen molar-refractivity contribution in [3.63, 3.8) is 0 Å². The van der Waals surface area contributed by atoms with Crippen molar-refractivity contribution in [2.45, 2.75) is 32.2 Å². The molecule has 140 valence electrons. The van der Waals surface area contributed by atoms with Gasteiger partial charge < -0.3 is 15.2 Å². The second-order valence-corrected chi connectivity index (χ2v) is 6.89. The highest BCUT2D eigenvalue weighted by molar-refractivity contribution is 5.79. The molecule has 4 rings (SSSR count). The topological polar surface area (TPSA) is 71.8 Å². The maximum absolute atomic E-state index is 13.3. The van der Waals surface area contributed by atoms with Crippen LogP contribution in [0.15, 0.2) is 42.7 Å². The molecular weight excluding hydrogens is 345 g/mol. The normalized spacial score (nSPS) is 14.1. The molecule has 0 radical (unpaired) electrons. The van der Waals surface area contributed by atoms with E-state index in [1.54, 1.807) is 18.3 Å². The van der Waals surface area contributed by atoms with Crippen LogP contribution in [0.1, 0.15) is 25.7 Å². The number of halogens is 1. The first-order valence-electron chi connectivity index (χ1n) is 9.31. The quantitative estimate of drug-likeness (QED) is 0.626. The Morgan fingerprint density at radius 1 is 1.30 bits per heavy atom. The molecule has 0 unspecified atom stereocenters. The SMILES string of the molecule is O=C(NCCCn1ccc2cnc(Nc3cccc(F)c3)nc21)C1CCC1. The van der Waals surface area contributed by atoms with Gasteiger partial charge in [-0.3, -0.25) is 4.79 Å². The molecule has 1 aliphatic rings. The molecule has 1 aromatic carbocycles. The summed E-state index contributed by atoms with van der Waals surface area (Å²) in [7, 11) is 0. The van der Waals surface area contributed by atoms with Crippen LogP contribution in [-0.2, 0) is 11.3 Å². The Kier molecular flexibility index (Phi) is 5.00. The number of benzene rings is 1. The van der Waals surface area contributed by atoms with E-state index in [4.69, 9.17) is 0 Å². The molecule has 2 aromatic heterocycles. The molecule has 0 aliphatic heterocycles. The fourth-order valence-electron chi connectivity index (χ4n) is 3.18. The number of rotatable bonds is 7. The van der Waals surface area contributed by atoms with Crippen LogP contribution in [0.4, 0.5) is 16.0 Å². The number of aryl methyl sites for hydroxylation is 1. The molecule has 2 heterocycles. The zero-order chi connectivity index (χ0) is 18.6. The highest BCUT2D eigenvalue weighted by Crippen LogP contribution is 2.26. The number of hydrogen-bond acceptors (Lipinski definition) is 4. The fourth-order valence-corrected chi connectivity index (χ4v) is 3.18. The molecule has 1 amide bonds. The van der Waals surface area contributed by atoms with Crippen LogP contribution in [-0.4, -0.2) is 27.0 Å². The monoisotopic (exact) mass is 367 g/mol. The minimum atomic E-state index is -0.312. The van der Waals surface area contributed by atoms with Gasteiger partial charge in [0.1, 0.15) is 11.5 Å². The van der Waals surface area contributed by atoms with E-state index >= 15 is 0 Å². The van der Waals surface area contributed by atoms with Crippen LogP contribution in [0.25, 0.3) is 11.0 Å². The Bertz CT molecular complexity index is 950. The van der Waals surface area contributed by atoms with E-state index in [9.17, 15) is 9.18 Å². The van der Waals surface area contributed by atoms with Gasteiger partial charge >= 0.3 is 0 Å². The Balaban J connectivity index is 1.38. The molecule has 0 spiro atoms. The number of carbonyl (C=O) groups excluding carboxylic acids is 1. The van der Waals surface area contributed by atoms with Gasteiger partial charge in [0.2, 0.25) is 11.9 Å². The van der Waals surface area contributed by atoms with E-state index < -0.39 is 0 Å². The lowest BCUT2D eigenvalue weighted by Gasteiger charge is -2.24. The first kappa shape index (κ1) is 17.5. The van der Waals surface area contributed by atoms with Gasteiger partial charge in [0.25, 0.3) is 0 Å². The summed E-state index contributed by atoms with van der Waals surface area (Å²) < 4.78 is 15.4. The first-order valence-corrected chi connectivity index (χ1v) is 9.31. The Morgan fingerprint density at radius 3 is 2.96 bits per heavy atom. The number of hydrogen-bond donors (Lipinski definition) is 2. The van der Waals surface area contributed by atoms with E-state index in [2.05, 4.69) is 20.6 Å². The molecule has 27 heavy (non-hydrogen) atoms. The molecule has 2 N–H and O–H groups in total. The van der Waals surface area contributed by atoms with E-state index in [0.29, 0.717) is 18.2 Å². The molecule has 6 nitrogen and oxygen atoms in total. The molecule has 1 fully saturated rings. The maximum atomic E-state index is 13.3. The number of aromatic nitrogens is 3. The third kappa shape index (κ3) is 4.07. The van der Waals surface area contributed by atoms with Gasteiger partial charge in [-0.05, 0) is 43.5 Å². The first-order chi connectivity index (χ1) is 13.2. The van der Waals surface area contributed by atoms with Gasteiger partial charge in [0, 0.05) is 42.5 Å². The average molecular weight is 367 g/mol. The number of anilines is 2. The smallest absolute Gasteiger partial charge is 0.229 e. The third-order valence-corrected chi connectivity index (χ3v) is 4.93. The average Bonchev–Trinajstić information content (AvgIpc) is 3.00. The summed E-state index contributed by atoms with van der Waals surface area (Å²) in [6.45, 7) is 1.42. The fraction of sp³-hybridized carbons (Fsp3) is 0.350. The molecule has 3 aromatic rings. The van der Waals surface area contributed by atoms with Crippen molar-refractivity contribution < 1.29 is 9.18 Å². The summed E-state index contributed by atoms with van der Waals surface area (Å²) in [5, 5.41) is 6.98. The van der Waals surface area contributed by atoms with Crippen molar-refractivity contribution in [2.24, 2.45) is 5.92 Å². The molecule has 7 heteroatoms. The predicted molar refractivity (Wildman–Crippen MR) is 102 cm³/mol. The van der Waals surface area contributed by atoms with Gasteiger partial charge in [-0.15, -0.1) is 0 Å². The summed E-state index contributed by atoms with van der Waals surface area (Å²) >= 11 is 0. The Morgan fingerprint density at radius 2 is 2.19 bits per heavy atom. The highest BCUT2D eigenvalue weighted by Gasteiger charge is 2.24. The number of carbonyl (C=O) groups is 1. The second kappa shape index (κ2) is 7.73. The largest absolute Gasteiger partial charge is 0.356 e. The lowest BCUT2D eigenvalue weighted by atomic mass is 9.85. The van der Waals surface area contributed by atoms with Crippen molar-refractivity contribution in [1.82, 2.24) is 19.9 Å².